The zero-order chi connectivity index (χ0) is 13.9. The molecule has 0 atom stereocenters. The predicted octanol–water partition coefficient (Wildman–Crippen LogP) is 1.50. The third-order valence-electron chi connectivity index (χ3n) is 3.64. The van der Waals surface area contributed by atoms with Crippen LogP contribution in [0.4, 0.5) is 11.4 Å². The van der Waals surface area contributed by atoms with Crippen molar-refractivity contribution in [2.75, 3.05) is 23.3 Å². The van der Waals surface area contributed by atoms with E-state index in [0.717, 1.165) is 24.3 Å². The maximum atomic E-state index is 11.8. The second kappa shape index (κ2) is 5.63. The molecule has 0 radical (unpaired) electrons. The van der Waals surface area contributed by atoms with Crippen molar-refractivity contribution in [2.45, 2.75) is 31.7 Å². The van der Waals surface area contributed by atoms with Crippen LogP contribution in [0.1, 0.15) is 25.7 Å². The topological polar surface area (TPSA) is 61.4 Å². The summed E-state index contributed by atoms with van der Waals surface area (Å²) in [7, 11) is 0. The monoisotopic (exact) mass is 273 g/mol. The molecule has 1 aromatic carbocycles. The van der Waals surface area contributed by atoms with Crippen molar-refractivity contribution in [3.8, 4) is 0 Å². The molecule has 1 aliphatic heterocycles. The van der Waals surface area contributed by atoms with Gasteiger partial charge in [-0.15, -0.1) is 0 Å². The molecular weight excluding hydrogens is 254 g/mol. The van der Waals surface area contributed by atoms with Crippen LogP contribution in [0.5, 0.6) is 0 Å². The first-order valence-electron chi connectivity index (χ1n) is 7.16. The van der Waals surface area contributed by atoms with E-state index in [1.165, 1.54) is 12.8 Å². The molecule has 2 aliphatic rings. The lowest BCUT2D eigenvalue weighted by atomic mass is 10.2. The molecule has 1 saturated heterocycles. The summed E-state index contributed by atoms with van der Waals surface area (Å²) < 4.78 is 0. The quantitative estimate of drug-likeness (QED) is 0.854. The zero-order valence-corrected chi connectivity index (χ0v) is 11.4. The highest BCUT2D eigenvalue weighted by molar-refractivity contribution is 5.97. The number of nitrogens with one attached hydrogen (secondary N) is 2. The summed E-state index contributed by atoms with van der Waals surface area (Å²) in [6.07, 6.45) is 3.85. The molecule has 3 rings (SSSR count). The largest absolute Gasteiger partial charge is 0.325 e. The molecule has 1 aliphatic carbocycles. The number of rotatable bonds is 5. The molecule has 0 unspecified atom stereocenters. The second-order valence-electron chi connectivity index (χ2n) is 5.40. The first-order valence-corrected chi connectivity index (χ1v) is 7.16. The molecule has 1 saturated carbocycles. The Labute approximate surface area is 118 Å². The Morgan fingerprint density at radius 2 is 2.20 bits per heavy atom. The Morgan fingerprint density at radius 3 is 2.90 bits per heavy atom. The third-order valence-corrected chi connectivity index (χ3v) is 3.64. The number of nitrogens with zero attached hydrogens (tertiary/aromatic N) is 1. The molecule has 20 heavy (non-hydrogen) atoms. The van der Waals surface area contributed by atoms with Crippen LogP contribution in [0.25, 0.3) is 0 Å². The van der Waals surface area contributed by atoms with Crippen LogP contribution in [0, 0.1) is 0 Å². The molecule has 2 fully saturated rings. The van der Waals surface area contributed by atoms with Gasteiger partial charge < -0.3 is 15.5 Å². The standard InChI is InChI=1S/C15H19N3O2/c19-14(10-16-11-6-7-11)17-12-3-1-4-13(9-12)18-8-2-5-15(18)20/h1,3-4,9,11,16H,2,5-8,10H2,(H,17,19). The highest BCUT2D eigenvalue weighted by Gasteiger charge is 2.22. The van der Waals surface area contributed by atoms with E-state index in [1.807, 2.05) is 24.3 Å². The smallest absolute Gasteiger partial charge is 0.238 e. The van der Waals surface area contributed by atoms with Crippen molar-refractivity contribution >= 4 is 23.2 Å². The summed E-state index contributed by atoms with van der Waals surface area (Å²) in [5.74, 6) is 0.116. The summed E-state index contributed by atoms with van der Waals surface area (Å²) in [6.45, 7) is 1.11. The maximum Gasteiger partial charge on any atom is 0.238 e. The normalized spacial score (nSPS) is 18.4. The van der Waals surface area contributed by atoms with Crippen LogP contribution in [0.15, 0.2) is 24.3 Å². The van der Waals surface area contributed by atoms with Crippen molar-refractivity contribution < 1.29 is 9.59 Å². The Hall–Kier alpha value is -1.88. The summed E-state index contributed by atoms with van der Waals surface area (Å²) in [4.78, 5) is 25.3. The van der Waals surface area contributed by atoms with Crippen LogP contribution in [0.2, 0.25) is 0 Å². The number of hydrogen-bond acceptors (Lipinski definition) is 3. The molecule has 5 heteroatoms. The van der Waals surface area contributed by atoms with Crippen molar-refractivity contribution in [1.29, 1.82) is 0 Å². The lowest BCUT2D eigenvalue weighted by Crippen LogP contribution is -2.29. The van der Waals surface area contributed by atoms with Gasteiger partial charge in [0.05, 0.1) is 6.54 Å². The van der Waals surface area contributed by atoms with E-state index in [0.29, 0.717) is 19.0 Å². The van der Waals surface area contributed by atoms with Crippen molar-refractivity contribution in [3.05, 3.63) is 24.3 Å². The molecule has 106 valence electrons. The fraction of sp³-hybridized carbons (Fsp3) is 0.467. The minimum absolute atomic E-state index is 0.0400. The molecule has 0 aromatic heterocycles. The lowest BCUT2D eigenvalue weighted by Gasteiger charge is -2.16. The fourth-order valence-corrected chi connectivity index (χ4v) is 2.40. The van der Waals surface area contributed by atoms with E-state index in [4.69, 9.17) is 0 Å². The van der Waals surface area contributed by atoms with Gasteiger partial charge in [-0.2, -0.15) is 0 Å². The SMILES string of the molecule is O=C(CNC1CC1)Nc1cccc(N2CCCC2=O)c1. The minimum atomic E-state index is -0.0400. The number of anilines is 2. The van der Waals surface area contributed by atoms with E-state index in [9.17, 15) is 9.59 Å². The van der Waals surface area contributed by atoms with Crippen LogP contribution >= 0.6 is 0 Å². The molecule has 0 bridgehead atoms. The number of carbonyl (C=O) groups excluding carboxylic acids is 2. The average molecular weight is 273 g/mol. The van der Waals surface area contributed by atoms with E-state index < -0.39 is 0 Å². The Bertz CT molecular complexity index is 526. The van der Waals surface area contributed by atoms with Crippen molar-refractivity contribution in [2.24, 2.45) is 0 Å². The molecule has 0 spiro atoms. The molecule has 5 nitrogen and oxygen atoms in total. The maximum absolute atomic E-state index is 11.8. The van der Waals surface area contributed by atoms with E-state index in [1.54, 1.807) is 4.90 Å². The van der Waals surface area contributed by atoms with Gasteiger partial charge in [-0.05, 0) is 37.5 Å². The molecule has 2 amide bonds. The minimum Gasteiger partial charge on any atom is -0.325 e. The van der Waals surface area contributed by atoms with Gasteiger partial charge >= 0.3 is 0 Å². The highest BCUT2D eigenvalue weighted by Crippen LogP contribution is 2.24. The first kappa shape index (κ1) is 13.1. The average Bonchev–Trinajstić information content (AvgIpc) is 3.17. The van der Waals surface area contributed by atoms with Crippen molar-refractivity contribution in [1.82, 2.24) is 5.32 Å². The first-order chi connectivity index (χ1) is 9.72. The molecule has 1 aromatic rings. The van der Waals surface area contributed by atoms with Crippen LogP contribution in [0.3, 0.4) is 0 Å². The summed E-state index contributed by atoms with van der Waals surface area (Å²) in [5, 5.41) is 6.04. The van der Waals surface area contributed by atoms with Crippen LogP contribution in [-0.4, -0.2) is 30.9 Å². The summed E-state index contributed by atoms with van der Waals surface area (Å²) in [6, 6.07) is 8.00. The van der Waals surface area contributed by atoms with Crippen LogP contribution < -0.4 is 15.5 Å². The Balaban J connectivity index is 1.61. The third kappa shape index (κ3) is 3.17. The predicted molar refractivity (Wildman–Crippen MR) is 77.7 cm³/mol. The number of hydrogen-bond donors (Lipinski definition) is 2. The van der Waals surface area contributed by atoms with Crippen LogP contribution in [-0.2, 0) is 9.59 Å². The van der Waals surface area contributed by atoms with Gasteiger partial charge in [0.2, 0.25) is 11.8 Å². The van der Waals surface area contributed by atoms with Gasteiger partial charge in [0.1, 0.15) is 0 Å². The van der Waals surface area contributed by atoms with Gasteiger partial charge in [-0.3, -0.25) is 9.59 Å². The van der Waals surface area contributed by atoms with Gasteiger partial charge in [0.15, 0.2) is 0 Å². The van der Waals surface area contributed by atoms with Gasteiger partial charge in [-0.1, -0.05) is 6.07 Å². The van der Waals surface area contributed by atoms with Crippen molar-refractivity contribution in [3.63, 3.8) is 0 Å². The number of benzene rings is 1. The van der Waals surface area contributed by atoms with E-state index in [-0.39, 0.29) is 11.8 Å². The van der Waals surface area contributed by atoms with E-state index in [2.05, 4.69) is 10.6 Å². The molecule has 2 N–H and O–H groups in total. The fourth-order valence-electron chi connectivity index (χ4n) is 2.40. The molecule has 1 heterocycles. The Morgan fingerprint density at radius 1 is 1.35 bits per heavy atom. The highest BCUT2D eigenvalue weighted by atomic mass is 16.2. The van der Waals surface area contributed by atoms with E-state index >= 15 is 0 Å². The Kier molecular flexibility index (Phi) is 3.69. The number of carbonyl (C=O) groups is 2. The number of amides is 2. The van der Waals surface area contributed by atoms with Gasteiger partial charge in [-0.25, -0.2) is 0 Å². The van der Waals surface area contributed by atoms with Gasteiger partial charge in [0, 0.05) is 30.4 Å². The zero-order valence-electron chi connectivity index (χ0n) is 11.4. The lowest BCUT2D eigenvalue weighted by molar-refractivity contribution is -0.117. The summed E-state index contributed by atoms with van der Waals surface area (Å²) >= 11 is 0. The van der Waals surface area contributed by atoms with Gasteiger partial charge in [0.25, 0.3) is 0 Å². The summed E-state index contributed by atoms with van der Waals surface area (Å²) in [5.41, 5.74) is 1.60. The molecular formula is C15H19N3O2. The second-order valence-corrected chi connectivity index (χ2v) is 5.40.